The minimum Gasteiger partial charge on any atom is -0.389 e. The number of carbonyl (C=O) groups is 1. The molecule has 0 radical (unpaired) electrons. The Morgan fingerprint density at radius 2 is 2.05 bits per heavy atom. The molecule has 0 bridgehead atoms. The second-order valence-corrected chi connectivity index (χ2v) is 5.75. The van der Waals surface area contributed by atoms with E-state index in [9.17, 15) is 23.1 Å². The lowest BCUT2D eigenvalue weighted by Gasteiger charge is -2.47. The molecule has 1 saturated heterocycles. The maximum atomic E-state index is 12.1. The zero-order valence-electron chi connectivity index (χ0n) is 10.9. The Balaban J connectivity index is 1.88. The summed E-state index contributed by atoms with van der Waals surface area (Å²) in [5.41, 5.74) is -0.695. The van der Waals surface area contributed by atoms with Crippen LogP contribution in [-0.2, 0) is 4.79 Å². The fourth-order valence-corrected chi connectivity index (χ4v) is 3.20. The van der Waals surface area contributed by atoms with Crippen molar-refractivity contribution >= 4 is 5.91 Å². The van der Waals surface area contributed by atoms with E-state index in [4.69, 9.17) is 0 Å². The van der Waals surface area contributed by atoms with Gasteiger partial charge in [0.2, 0.25) is 5.91 Å². The van der Waals surface area contributed by atoms with Gasteiger partial charge in [0.25, 0.3) is 0 Å². The Bertz CT molecular complexity index is 345. The zero-order valence-corrected chi connectivity index (χ0v) is 10.9. The fourth-order valence-electron chi connectivity index (χ4n) is 3.20. The highest BCUT2D eigenvalue weighted by Gasteiger charge is 2.43. The van der Waals surface area contributed by atoms with E-state index >= 15 is 0 Å². The molecule has 0 aromatic carbocycles. The van der Waals surface area contributed by atoms with Crippen LogP contribution >= 0.6 is 0 Å². The Labute approximate surface area is 110 Å². The summed E-state index contributed by atoms with van der Waals surface area (Å²) >= 11 is 0. The first-order chi connectivity index (χ1) is 8.80. The summed E-state index contributed by atoms with van der Waals surface area (Å²) in [5, 5.41) is 10.4. The number of fused-ring (bicyclic) bond motifs is 1. The Morgan fingerprint density at radius 3 is 2.74 bits per heavy atom. The molecule has 1 aliphatic heterocycles. The molecule has 0 aromatic rings. The monoisotopic (exact) mass is 279 g/mol. The van der Waals surface area contributed by atoms with Crippen molar-refractivity contribution in [2.45, 2.75) is 56.7 Å². The molecule has 2 unspecified atom stereocenters. The predicted octanol–water partition coefficient (Wildman–Crippen LogP) is 2.48. The first-order valence-corrected chi connectivity index (χ1v) is 6.87. The lowest BCUT2D eigenvalue weighted by atomic mass is 9.71. The third-order valence-electron chi connectivity index (χ3n) is 4.40. The van der Waals surface area contributed by atoms with Crippen LogP contribution in [0.25, 0.3) is 0 Å². The van der Waals surface area contributed by atoms with E-state index in [0.29, 0.717) is 19.5 Å². The first kappa shape index (κ1) is 14.6. The van der Waals surface area contributed by atoms with E-state index in [1.165, 1.54) is 4.90 Å². The Morgan fingerprint density at radius 1 is 1.32 bits per heavy atom. The van der Waals surface area contributed by atoms with Crippen molar-refractivity contribution in [2.24, 2.45) is 5.92 Å². The third-order valence-corrected chi connectivity index (χ3v) is 4.40. The van der Waals surface area contributed by atoms with Crippen LogP contribution in [0, 0.1) is 5.92 Å². The smallest absolute Gasteiger partial charge is 0.389 e. The largest absolute Gasteiger partial charge is 0.389 e. The highest BCUT2D eigenvalue weighted by Crippen LogP contribution is 2.40. The SMILES string of the molecule is O=C(CCC(F)(F)F)N1CCC2(O)CCCCC2C1. The number of likely N-dealkylation sites (tertiary alicyclic amines) is 1. The zero-order chi connectivity index (χ0) is 14.1. The number of hydrogen-bond donors (Lipinski definition) is 1. The average molecular weight is 279 g/mol. The standard InChI is InChI=1S/C13H20F3NO2/c14-13(15,16)6-4-11(18)17-8-7-12(19)5-2-1-3-10(12)9-17/h10,19H,1-9H2. The molecule has 2 aliphatic rings. The van der Waals surface area contributed by atoms with E-state index in [2.05, 4.69) is 0 Å². The van der Waals surface area contributed by atoms with Crippen molar-refractivity contribution in [2.75, 3.05) is 13.1 Å². The molecule has 3 nitrogen and oxygen atoms in total. The minimum atomic E-state index is -4.28. The van der Waals surface area contributed by atoms with Crippen molar-refractivity contribution in [3.63, 3.8) is 0 Å². The van der Waals surface area contributed by atoms with Gasteiger partial charge in [-0.15, -0.1) is 0 Å². The number of halogens is 3. The number of nitrogens with zero attached hydrogens (tertiary/aromatic N) is 1. The van der Waals surface area contributed by atoms with Gasteiger partial charge in [-0.3, -0.25) is 4.79 Å². The van der Waals surface area contributed by atoms with Gasteiger partial charge in [0.1, 0.15) is 0 Å². The van der Waals surface area contributed by atoms with E-state index in [0.717, 1.165) is 25.7 Å². The molecule has 6 heteroatoms. The molecule has 2 atom stereocenters. The molecule has 1 N–H and O–H groups in total. The van der Waals surface area contributed by atoms with Gasteiger partial charge in [-0.1, -0.05) is 12.8 Å². The summed E-state index contributed by atoms with van der Waals surface area (Å²) in [5.74, 6) is -0.408. The van der Waals surface area contributed by atoms with Gasteiger partial charge in [0.15, 0.2) is 0 Å². The van der Waals surface area contributed by atoms with E-state index in [1.54, 1.807) is 0 Å². The number of alkyl halides is 3. The van der Waals surface area contributed by atoms with Crippen LogP contribution in [0.4, 0.5) is 13.2 Å². The van der Waals surface area contributed by atoms with E-state index < -0.39 is 30.5 Å². The molecule has 2 rings (SSSR count). The molecule has 1 amide bonds. The summed E-state index contributed by atoms with van der Waals surface area (Å²) in [6.45, 7) is 0.789. The molecular formula is C13H20F3NO2. The Kier molecular flexibility index (Phi) is 4.08. The van der Waals surface area contributed by atoms with Crippen LogP contribution in [0.3, 0.4) is 0 Å². The van der Waals surface area contributed by atoms with Crippen molar-refractivity contribution in [1.82, 2.24) is 4.90 Å². The van der Waals surface area contributed by atoms with Gasteiger partial charge < -0.3 is 10.0 Å². The number of amides is 1. The quantitative estimate of drug-likeness (QED) is 0.843. The minimum absolute atomic E-state index is 0.0323. The topological polar surface area (TPSA) is 40.5 Å². The van der Waals surface area contributed by atoms with Gasteiger partial charge in [0, 0.05) is 25.4 Å². The maximum Gasteiger partial charge on any atom is 0.389 e. The van der Waals surface area contributed by atoms with Crippen molar-refractivity contribution in [1.29, 1.82) is 0 Å². The summed E-state index contributed by atoms with van der Waals surface area (Å²) in [6.07, 6.45) is -1.69. The van der Waals surface area contributed by atoms with Gasteiger partial charge >= 0.3 is 6.18 Å². The third kappa shape index (κ3) is 3.61. The van der Waals surface area contributed by atoms with Crippen molar-refractivity contribution in [3.8, 4) is 0 Å². The van der Waals surface area contributed by atoms with Crippen LogP contribution in [0.15, 0.2) is 0 Å². The molecule has 1 aliphatic carbocycles. The van der Waals surface area contributed by atoms with E-state index in [-0.39, 0.29) is 5.92 Å². The molecule has 19 heavy (non-hydrogen) atoms. The lowest BCUT2D eigenvalue weighted by molar-refractivity contribution is -0.155. The predicted molar refractivity (Wildman–Crippen MR) is 63.4 cm³/mol. The second kappa shape index (κ2) is 5.31. The molecular weight excluding hydrogens is 259 g/mol. The normalized spacial score (nSPS) is 32.0. The molecule has 0 aromatic heterocycles. The maximum absolute atomic E-state index is 12.1. The van der Waals surface area contributed by atoms with Crippen molar-refractivity contribution < 1.29 is 23.1 Å². The summed E-state index contributed by atoms with van der Waals surface area (Å²) in [4.78, 5) is 13.3. The highest BCUT2D eigenvalue weighted by molar-refractivity contribution is 5.76. The fraction of sp³-hybridized carbons (Fsp3) is 0.923. The summed E-state index contributed by atoms with van der Waals surface area (Å²) in [7, 11) is 0. The molecule has 110 valence electrons. The number of rotatable bonds is 2. The first-order valence-electron chi connectivity index (χ1n) is 6.87. The molecule has 1 saturated carbocycles. The summed E-state index contributed by atoms with van der Waals surface area (Å²) < 4.78 is 36.3. The average Bonchev–Trinajstić information content (AvgIpc) is 2.34. The van der Waals surface area contributed by atoms with Crippen LogP contribution < -0.4 is 0 Å². The molecule has 0 spiro atoms. The number of aliphatic hydroxyl groups is 1. The van der Waals surface area contributed by atoms with Crippen LogP contribution in [0.5, 0.6) is 0 Å². The summed E-state index contributed by atoms with van der Waals surface area (Å²) in [6, 6.07) is 0. The van der Waals surface area contributed by atoms with Gasteiger partial charge in [-0.05, 0) is 19.3 Å². The number of piperidine rings is 1. The molecule has 2 fully saturated rings. The number of carbonyl (C=O) groups excluding carboxylic acids is 1. The van der Waals surface area contributed by atoms with Crippen LogP contribution in [0.2, 0.25) is 0 Å². The molecule has 1 heterocycles. The van der Waals surface area contributed by atoms with Crippen LogP contribution in [0.1, 0.15) is 44.9 Å². The number of hydrogen-bond acceptors (Lipinski definition) is 2. The highest BCUT2D eigenvalue weighted by atomic mass is 19.4. The lowest BCUT2D eigenvalue weighted by Crippen LogP contribution is -2.54. The van der Waals surface area contributed by atoms with Gasteiger partial charge in [0.05, 0.1) is 12.0 Å². The van der Waals surface area contributed by atoms with Gasteiger partial charge in [-0.2, -0.15) is 13.2 Å². The second-order valence-electron chi connectivity index (χ2n) is 5.75. The van der Waals surface area contributed by atoms with Gasteiger partial charge in [-0.25, -0.2) is 0 Å². The van der Waals surface area contributed by atoms with Crippen LogP contribution in [-0.4, -0.2) is 40.8 Å². The van der Waals surface area contributed by atoms with Crippen molar-refractivity contribution in [3.05, 3.63) is 0 Å². The Hall–Kier alpha value is -0.780. The van der Waals surface area contributed by atoms with E-state index in [1.807, 2.05) is 0 Å².